The van der Waals surface area contributed by atoms with E-state index in [9.17, 15) is 0 Å². The van der Waals surface area contributed by atoms with Crippen LogP contribution in [0.25, 0.3) is 0 Å². The number of hydrogen-bond acceptors (Lipinski definition) is 4. The van der Waals surface area contributed by atoms with Gasteiger partial charge in [0.2, 0.25) is 0 Å². The van der Waals surface area contributed by atoms with Crippen LogP contribution < -0.4 is 0 Å². The van der Waals surface area contributed by atoms with Gasteiger partial charge in [0.25, 0.3) is 0 Å². The smallest absolute Gasteiger partial charge is 0.105 e. The lowest BCUT2D eigenvalue weighted by molar-refractivity contribution is -0.248. The monoisotopic (exact) mass is 297 g/mol. The van der Waals surface area contributed by atoms with Crippen molar-refractivity contribution in [1.29, 1.82) is 0 Å². The zero-order chi connectivity index (χ0) is 14.8. The minimum atomic E-state index is 0.359. The molecule has 3 heterocycles. The van der Waals surface area contributed by atoms with Gasteiger partial charge in [-0.2, -0.15) is 5.06 Å². The third-order valence-electron chi connectivity index (χ3n) is 4.69. The lowest BCUT2D eigenvalue weighted by Gasteiger charge is -2.49. The summed E-state index contributed by atoms with van der Waals surface area (Å²) in [5, 5.41) is 2.19. The summed E-state index contributed by atoms with van der Waals surface area (Å²) in [4.78, 5) is 11.1. The lowest BCUT2D eigenvalue weighted by Crippen LogP contribution is -2.61. The zero-order valence-electron chi connectivity index (χ0n) is 12.9. The molecule has 0 aliphatic carbocycles. The Morgan fingerprint density at radius 3 is 2.95 bits per heavy atom. The number of allylic oxidation sites excluding steroid dienone is 2. The maximum absolute atomic E-state index is 6.14. The van der Waals surface area contributed by atoms with Gasteiger partial charge in [-0.1, -0.05) is 42.5 Å². The highest BCUT2D eigenvalue weighted by atomic mass is 16.7. The summed E-state index contributed by atoms with van der Waals surface area (Å²) in [6.07, 6.45) is 9.41. The predicted molar refractivity (Wildman–Crippen MR) is 86.5 cm³/mol. The number of hydroxylamine groups is 2. The standard InChI is InChI=1S/C18H23N3O/c1-2-7-16(8-3-1)15-22-21-12-6-11-20-13-17-9-4-5-10-19(17)14-18(20)21/h1-3,5,7-10,18H,4,6,11-15H2. The molecule has 4 rings (SSSR count). The van der Waals surface area contributed by atoms with Gasteiger partial charge in [-0.3, -0.25) is 9.74 Å². The fraction of sp³-hybridized carbons (Fsp3) is 0.444. The fourth-order valence-electron chi connectivity index (χ4n) is 3.51. The van der Waals surface area contributed by atoms with Crippen molar-refractivity contribution in [3.05, 3.63) is 59.9 Å². The molecule has 1 aromatic carbocycles. The Morgan fingerprint density at radius 2 is 2.05 bits per heavy atom. The highest BCUT2D eigenvalue weighted by Gasteiger charge is 2.36. The first-order chi connectivity index (χ1) is 10.9. The molecule has 0 bridgehead atoms. The van der Waals surface area contributed by atoms with Gasteiger partial charge in [0.15, 0.2) is 0 Å². The summed E-state index contributed by atoms with van der Waals surface area (Å²) >= 11 is 0. The van der Waals surface area contributed by atoms with Crippen LogP contribution in [0.3, 0.4) is 0 Å². The van der Waals surface area contributed by atoms with Crippen LogP contribution in [0, 0.1) is 0 Å². The average molecular weight is 297 g/mol. The highest BCUT2D eigenvalue weighted by molar-refractivity contribution is 5.18. The van der Waals surface area contributed by atoms with Crippen molar-refractivity contribution in [3.63, 3.8) is 0 Å². The van der Waals surface area contributed by atoms with E-state index in [1.807, 2.05) is 6.07 Å². The molecular weight excluding hydrogens is 274 g/mol. The summed E-state index contributed by atoms with van der Waals surface area (Å²) < 4.78 is 0. The molecule has 4 nitrogen and oxygen atoms in total. The minimum Gasteiger partial charge on any atom is -0.348 e. The average Bonchev–Trinajstić information content (AvgIpc) is 2.59. The third kappa shape index (κ3) is 2.82. The van der Waals surface area contributed by atoms with Gasteiger partial charge >= 0.3 is 0 Å². The number of rotatable bonds is 3. The predicted octanol–water partition coefficient (Wildman–Crippen LogP) is 2.57. The molecule has 0 aromatic heterocycles. The van der Waals surface area contributed by atoms with Crippen LogP contribution >= 0.6 is 0 Å². The SMILES string of the molecule is C1=CN2CC3N(CCCN3OCc3ccccc3)CC2=CC1. The summed E-state index contributed by atoms with van der Waals surface area (Å²) in [5.74, 6) is 0. The van der Waals surface area contributed by atoms with E-state index in [2.05, 4.69) is 57.5 Å². The number of fused-ring (bicyclic) bond motifs is 2. The van der Waals surface area contributed by atoms with E-state index in [0.29, 0.717) is 12.8 Å². The molecule has 116 valence electrons. The summed E-state index contributed by atoms with van der Waals surface area (Å²) in [6, 6.07) is 10.4. The molecule has 1 unspecified atom stereocenters. The van der Waals surface area contributed by atoms with Gasteiger partial charge in [-0.25, -0.2) is 0 Å². The van der Waals surface area contributed by atoms with Crippen molar-refractivity contribution in [1.82, 2.24) is 14.9 Å². The molecule has 4 heteroatoms. The van der Waals surface area contributed by atoms with Crippen LogP contribution in [0.15, 0.2) is 54.4 Å². The first kappa shape index (κ1) is 14.0. The molecule has 1 atom stereocenters. The molecule has 0 amide bonds. The molecule has 2 saturated heterocycles. The first-order valence-corrected chi connectivity index (χ1v) is 8.20. The van der Waals surface area contributed by atoms with Crippen molar-refractivity contribution < 1.29 is 4.84 Å². The van der Waals surface area contributed by atoms with E-state index in [4.69, 9.17) is 4.84 Å². The number of piperazine rings is 1. The quantitative estimate of drug-likeness (QED) is 0.853. The number of benzene rings is 1. The molecule has 3 aliphatic heterocycles. The van der Waals surface area contributed by atoms with Crippen molar-refractivity contribution in [3.8, 4) is 0 Å². The Hall–Kier alpha value is -1.62. The molecule has 22 heavy (non-hydrogen) atoms. The second-order valence-electron chi connectivity index (χ2n) is 6.17. The Labute approximate surface area is 132 Å². The maximum atomic E-state index is 6.14. The normalized spacial score (nSPS) is 25.5. The van der Waals surface area contributed by atoms with Gasteiger partial charge in [-0.05, 0) is 18.4 Å². The van der Waals surface area contributed by atoms with E-state index in [0.717, 1.165) is 26.1 Å². The zero-order valence-corrected chi connectivity index (χ0v) is 12.9. The third-order valence-corrected chi connectivity index (χ3v) is 4.69. The van der Waals surface area contributed by atoms with Crippen LogP contribution in [0.5, 0.6) is 0 Å². The second kappa shape index (κ2) is 6.24. The minimum absolute atomic E-state index is 0.359. The molecule has 0 radical (unpaired) electrons. The second-order valence-corrected chi connectivity index (χ2v) is 6.17. The number of hydrogen-bond donors (Lipinski definition) is 0. The van der Waals surface area contributed by atoms with E-state index in [-0.39, 0.29) is 0 Å². The van der Waals surface area contributed by atoms with Gasteiger partial charge in [0.05, 0.1) is 13.2 Å². The van der Waals surface area contributed by atoms with Crippen molar-refractivity contribution in [2.45, 2.75) is 25.6 Å². The van der Waals surface area contributed by atoms with E-state index < -0.39 is 0 Å². The fourth-order valence-corrected chi connectivity index (χ4v) is 3.51. The Bertz CT molecular complexity index is 569. The summed E-state index contributed by atoms with van der Waals surface area (Å²) in [6.45, 7) is 4.89. The summed E-state index contributed by atoms with van der Waals surface area (Å²) in [5.41, 5.74) is 2.68. The molecule has 0 spiro atoms. The van der Waals surface area contributed by atoms with Crippen LogP contribution in [-0.2, 0) is 11.4 Å². The molecule has 1 aromatic rings. The van der Waals surface area contributed by atoms with Gasteiger partial charge in [0.1, 0.15) is 6.17 Å². The number of nitrogens with zero attached hydrogens (tertiary/aromatic N) is 3. The van der Waals surface area contributed by atoms with Gasteiger partial charge in [0, 0.05) is 31.5 Å². The van der Waals surface area contributed by atoms with Gasteiger partial charge in [-0.15, -0.1) is 0 Å². The van der Waals surface area contributed by atoms with E-state index in [1.54, 1.807) is 0 Å². The van der Waals surface area contributed by atoms with E-state index in [1.165, 1.54) is 24.2 Å². The molecular formula is C18H23N3O. The van der Waals surface area contributed by atoms with Crippen LogP contribution in [0.1, 0.15) is 18.4 Å². The first-order valence-electron chi connectivity index (χ1n) is 8.20. The van der Waals surface area contributed by atoms with Crippen LogP contribution in [0.2, 0.25) is 0 Å². The van der Waals surface area contributed by atoms with Crippen molar-refractivity contribution in [2.24, 2.45) is 0 Å². The van der Waals surface area contributed by atoms with E-state index >= 15 is 0 Å². The largest absolute Gasteiger partial charge is 0.348 e. The van der Waals surface area contributed by atoms with Crippen molar-refractivity contribution in [2.75, 3.05) is 26.2 Å². The van der Waals surface area contributed by atoms with Crippen LogP contribution in [0.4, 0.5) is 0 Å². The molecule has 2 fully saturated rings. The molecule has 3 aliphatic rings. The summed E-state index contributed by atoms with van der Waals surface area (Å²) in [7, 11) is 0. The Balaban J connectivity index is 1.43. The topological polar surface area (TPSA) is 19.0 Å². The highest BCUT2D eigenvalue weighted by Crippen LogP contribution is 2.27. The Kier molecular flexibility index (Phi) is 3.97. The van der Waals surface area contributed by atoms with Crippen molar-refractivity contribution >= 4 is 0 Å². The molecule has 0 saturated carbocycles. The maximum Gasteiger partial charge on any atom is 0.105 e. The Morgan fingerprint density at radius 1 is 1.14 bits per heavy atom. The lowest BCUT2D eigenvalue weighted by atomic mass is 10.1. The van der Waals surface area contributed by atoms with Crippen LogP contribution in [-0.4, -0.2) is 47.2 Å². The van der Waals surface area contributed by atoms with Gasteiger partial charge < -0.3 is 4.90 Å². The molecule has 0 N–H and O–H groups in total.